The second kappa shape index (κ2) is 6.72. The summed E-state index contributed by atoms with van der Waals surface area (Å²) in [5.41, 5.74) is 0. The van der Waals surface area contributed by atoms with Crippen LogP contribution in [0.15, 0.2) is 11.8 Å². The maximum absolute atomic E-state index is 11.8. The van der Waals surface area contributed by atoms with E-state index in [1.165, 1.54) is 25.3 Å². The van der Waals surface area contributed by atoms with Gasteiger partial charge in [0.25, 0.3) is 0 Å². The lowest BCUT2D eigenvalue weighted by Gasteiger charge is -2.21. The van der Waals surface area contributed by atoms with E-state index in [4.69, 9.17) is 0 Å². The van der Waals surface area contributed by atoms with Crippen molar-refractivity contribution in [2.45, 2.75) is 58.8 Å². The van der Waals surface area contributed by atoms with Gasteiger partial charge in [0.2, 0.25) is 0 Å². The SMILES string of the molecule is CCC(CC)C(=O)/C=C(\O)C1CCCCC1. The summed E-state index contributed by atoms with van der Waals surface area (Å²) in [5, 5.41) is 9.92. The highest BCUT2D eigenvalue weighted by Crippen LogP contribution is 2.28. The molecule has 0 aromatic heterocycles. The summed E-state index contributed by atoms with van der Waals surface area (Å²) in [6.45, 7) is 4.05. The fourth-order valence-corrected chi connectivity index (χ4v) is 2.47. The molecule has 2 nitrogen and oxygen atoms in total. The van der Waals surface area contributed by atoms with E-state index in [-0.39, 0.29) is 17.6 Å². The molecule has 2 heteroatoms. The van der Waals surface area contributed by atoms with E-state index in [0.717, 1.165) is 25.7 Å². The summed E-state index contributed by atoms with van der Waals surface area (Å²) < 4.78 is 0. The summed E-state index contributed by atoms with van der Waals surface area (Å²) in [4.78, 5) is 11.8. The molecule has 0 heterocycles. The van der Waals surface area contributed by atoms with Gasteiger partial charge in [-0.15, -0.1) is 0 Å². The van der Waals surface area contributed by atoms with Crippen molar-refractivity contribution in [2.75, 3.05) is 0 Å². The molecule has 1 aliphatic rings. The van der Waals surface area contributed by atoms with Crippen LogP contribution in [-0.4, -0.2) is 10.9 Å². The van der Waals surface area contributed by atoms with Gasteiger partial charge in [0.1, 0.15) is 0 Å². The van der Waals surface area contributed by atoms with Crippen LogP contribution < -0.4 is 0 Å². The molecule has 1 fully saturated rings. The fourth-order valence-electron chi connectivity index (χ4n) is 2.47. The van der Waals surface area contributed by atoms with E-state index < -0.39 is 0 Å². The van der Waals surface area contributed by atoms with Crippen molar-refractivity contribution in [1.29, 1.82) is 0 Å². The van der Waals surface area contributed by atoms with E-state index in [1.54, 1.807) is 0 Å². The molecule has 1 rings (SSSR count). The first-order valence-electron chi connectivity index (χ1n) is 6.63. The molecule has 0 radical (unpaired) electrons. The molecule has 92 valence electrons. The first kappa shape index (κ1) is 13.3. The van der Waals surface area contributed by atoms with Crippen LogP contribution in [0.2, 0.25) is 0 Å². The molecule has 0 spiro atoms. The molecule has 1 N–H and O–H groups in total. The van der Waals surface area contributed by atoms with Gasteiger partial charge in [-0.2, -0.15) is 0 Å². The lowest BCUT2D eigenvalue weighted by Crippen LogP contribution is -2.14. The Morgan fingerprint density at radius 1 is 1.25 bits per heavy atom. The Kier molecular flexibility index (Phi) is 5.58. The highest BCUT2D eigenvalue weighted by atomic mass is 16.3. The largest absolute Gasteiger partial charge is 0.512 e. The molecule has 16 heavy (non-hydrogen) atoms. The third-order valence-electron chi connectivity index (χ3n) is 3.70. The van der Waals surface area contributed by atoms with E-state index >= 15 is 0 Å². The first-order chi connectivity index (χ1) is 7.69. The van der Waals surface area contributed by atoms with Crippen LogP contribution in [0, 0.1) is 11.8 Å². The molecular weight excluding hydrogens is 200 g/mol. The van der Waals surface area contributed by atoms with Crippen LogP contribution in [0.1, 0.15) is 58.8 Å². The van der Waals surface area contributed by atoms with E-state index in [2.05, 4.69) is 0 Å². The Hall–Kier alpha value is -0.790. The molecular formula is C14H24O2. The van der Waals surface area contributed by atoms with Crippen molar-refractivity contribution in [3.63, 3.8) is 0 Å². The van der Waals surface area contributed by atoms with Crippen LogP contribution >= 0.6 is 0 Å². The number of carbonyl (C=O) groups is 1. The lowest BCUT2D eigenvalue weighted by molar-refractivity contribution is -0.118. The van der Waals surface area contributed by atoms with Crippen LogP contribution in [-0.2, 0) is 4.79 Å². The molecule has 1 aliphatic carbocycles. The lowest BCUT2D eigenvalue weighted by atomic mass is 9.86. The monoisotopic (exact) mass is 224 g/mol. The number of ketones is 1. The van der Waals surface area contributed by atoms with Crippen molar-refractivity contribution >= 4 is 5.78 Å². The van der Waals surface area contributed by atoms with Crippen molar-refractivity contribution < 1.29 is 9.90 Å². The van der Waals surface area contributed by atoms with Gasteiger partial charge >= 0.3 is 0 Å². The minimum Gasteiger partial charge on any atom is -0.512 e. The standard InChI is InChI=1S/C14H24O2/c1-3-11(4-2)13(15)10-14(16)12-8-6-5-7-9-12/h10-12,16H,3-9H2,1-2H3/b14-10-. The second-order valence-corrected chi connectivity index (χ2v) is 4.82. The molecule has 1 saturated carbocycles. The van der Waals surface area contributed by atoms with Gasteiger partial charge in [-0.05, 0) is 25.7 Å². The summed E-state index contributed by atoms with van der Waals surface area (Å²) in [7, 11) is 0. The van der Waals surface area contributed by atoms with Gasteiger partial charge in [-0.3, -0.25) is 4.79 Å². The van der Waals surface area contributed by atoms with E-state index in [9.17, 15) is 9.90 Å². The number of rotatable bonds is 5. The Balaban J connectivity index is 2.56. The summed E-state index contributed by atoms with van der Waals surface area (Å²) >= 11 is 0. The zero-order chi connectivity index (χ0) is 12.0. The average molecular weight is 224 g/mol. The smallest absolute Gasteiger partial charge is 0.162 e. The first-order valence-corrected chi connectivity index (χ1v) is 6.63. The number of aliphatic hydroxyl groups is 1. The maximum Gasteiger partial charge on any atom is 0.162 e. The average Bonchev–Trinajstić information content (AvgIpc) is 2.31. The zero-order valence-corrected chi connectivity index (χ0v) is 10.5. The van der Waals surface area contributed by atoms with E-state index in [0.29, 0.717) is 5.76 Å². The topological polar surface area (TPSA) is 37.3 Å². The summed E-state index contributed by atoms with van der Waals surface area (Å²) in [5.74, 6) is 0.766. The minimum atomic E-state index is 0.0886. The van der Waals surface area contributed by atoms with Crippen molar-refractivity contribution in [3.8, 4) is 0 Å². The number of allylic oxidation sites excluding steroid dienone is 2. The molecule has 0 aromatic rings. The van der Waals surface area contributed by atoms with Crippen LogP contribution in [0.25, 0.3) is 0 Å². The van der Waals surface area contributed by atoms with Crippen molar-refractivity contribution in [1.82, 2.24) is 0 Å². The van der Waals surface area contributed by atoms with Gasteiger partial charge in [-0.1, -0.05) is 33.1 Å². The molecule has 0 atom stereocenters. The highest BCUT2D eigenvalue weighted by molar-refractivity contribution is 5.92. The Bertz CT molecular complexity index is 245. The Morgan fingerprint density at radius 3 is 2.31 bits per heavy atom. The number of aliphatic hydroxyl groups excluding tert-OH is 1. The zero-order valence-electron chi connectivity index (χ0n) is 10.5. The second-order valence-electron chi connectivity index (χ2n) is 4.82. The maximum atomic E-state index is 11.8. The molecule has 0 saturated heterocycles. The van der Waals surface area contributed by atoms with Gasteiger partial charge in [-0.25, -0.2) is 0 Å². The van der Waals surface area contributed by atoms with Crippen LogP contribution in [0.5, 0.6) is 0 Å². The summed E-state index contributed by atoms with van der Waals surface area (Å²) in [6.07, 6.45) is 8.94. The fraction of sp³-hybridized carbons (Fsp3) is 0.786. The van der Waals surface area contributed by atoms with Crippen LogP contribution in [0.3, 0.4) is 0 Å². The molecule has 0 amide bonds. The third kappa shape index (κ3) is 3.66. The molecule has 0 aromatic carbocycles. The molecule has 0 bridgehead atoms. The predicted molar refractivity (Wildman–Crippen MR) is 66.4 cm³/mol. The van der Waals surface area contributed by atoms with Gasteiger partial charge in [0.15, 0.2) is 5.78 Å². The van der Waals surface area contributed by atoms with E-state index in [1.807, 2.05) is 13.8 Å². The van der Waals surface area contributed by atoms with Crippen molar-refractivity contribution in [2.24, 2.45) is 11.8 Å². The predicted octanol–water partition coefficient (Wildman–Crippen LogP) is 4.01. The molecule has 0 unspecified atom stereocenters. The Labute approximate surface area is 98.7 Å². The van der Waals surface area contributed by atoms with Gasteiger partial charge in [0.05, 0.1) is 5.76 Å². The van der Waals surface area contributed by atoms with Crippen molar-refractivity contribution in [3.05, 3.63) is 11.8 Å². The van der Waals surface area contributed by atoms with Crippen LogP contribution in [0.4, 0.5) is 0 Å². The van der Waals surface area contributed by atoms with Gasteiger partial charge in [0, 0.05) is 17.9 Å². The summed E-state index contributed by atoms with van der Waals surface area (Å²) in [6, 6.07) is 0. The minimum absolute atomic E-state index is 0.0886. The Morgan fingerprint density at radius 2 is 1.81 bits per heavy atom. The molecule has 0 aliphatic heterocycles. The third-order valence-corrected chi connectivity index (χ3v) is 3.70. The highest BCUT2D eigenvalue weighted by Gasteiger charge is 2.19. The number of hydrogen-bond acceptors (Lipinski definition) is 2. The number of hydrogen-bond donors (Lipinski definition) is 1. The normalized spacial score (nSPS) is 19.1. The number of carbonyl (C=O) groups excluding carboxylic acids is 1. The quantitative estimate of drug-likeness (QED) is 0.566. The van der Waals surface area contributed by atoms with Gasteiger partial charge < -0.3 is 5.11 Å².